The summed E-state index contributed by atoms with van der Waals surface area (Å²) in [5, 5.41) is 35.9. The zero-order valence-corrected chi connectivity index (χ0v) is 30.2. The number of aliphatic hydroxyl groups is 2. The number of hydrogen-bond acceptors (Lipinski definition) is 8. The Hall–Kier alpha value is -3.17. The van der Waals surface area contributed by atoms with Crippen molar-refractivity contribution in [2.75, 3.05) is 0 Å². The monoisotopic (exact) mass is 680 g/mol. The molecule has 4 atom stereocenters. The molecule has 0 unspecified atom stereocenters. The van der Waals surface area contributed by atoms with Gasteiger partial charge in [0, 0.05) is 67.7 Å². The number of aliphatic hydroxyl groups excluding tert-OH is 2. The summed E-state index contributed by atoms with van der Waals surface area (Å²) in [4.78, 5) is 50.6. The molecule has 2 aromatic carbocycles. The van der Waals surface area contributed by atoms with Gasteiger partial charge in [0.25, 0.3) is 0 Å². The van der Waals surface area contributed by atoms with Crippen LogP contribution < -0.4 is 0 Å². The van der Waals surface area contributed by atoms with Gasteiger partial charge in [0.2, 0.25) is 0 Å². The molecule has 6 rings (SSSR count). The SMILES string of the molecule is CC(C)O.CC(C)O.CC1=CC[C@@H]2C(=O)c3c(O)cccc3C(=O)[C@]2(C)C1.CC1=CC[C@@H]2C(=O)c3c(O)cccc3C(=O)[C@]2(C)C1.[Ti]. The number of carbonyl (C=O) groups excluding carboxylic acids is 4. The maximum absolute atomic E-state index is 12.7. The molecule has 0 radical (unpaired) electrons. The molecular weight excluding hydrogens is 632 g/mol. The third-order valence-corrected chi connectivity index (χ3v) is 8.97. The van der Waals surface area contributed by atoms with Gasteiger partial charge in [-0.1, -0.05) is 61.4 Å². The van der Waals surface area contributed by atoms with Crippen LogP contribution in [0.4, 0.5) is 0 Å². The molecule has 4 aliphatic rings. The third kappa shape index (κ3) is 8.29. The number of benzene rings is 2. The first-order valence-electron chi connectivity index (χ1n) is 15.9. The Morgan fingerprint density at radius 2 is 0.936 bits per heavy atom. The second-order valence-corrected chi connectivity index (χ2v) is 13.8. The molecule has 9 heteroatoms. The van der Waals surface area contributed by atoms with E-state index in [0.717, 1.165) is 11.1 Å². The van der Waals surface area contributed by atoms with Crippen molar-refractivity contribution in [2.45, 2.75) is 93.3 Å². The zero-order valence-electron chi connectivity index (χ0n) is 28.7. The average molecular weight is 681 g/mol. The molecular formula is C38H48O8Ti. The van der Waals surface area contributed by atoms with Crippen LogP contribution in [0.1, 0.15) is 123 Å². The van der Waals surface area contributed by atoms with Crippen molar-refractivity contribution in [2.24, 2.45) is 22.7 Å². The van der Waals surface area contributed by atoms with Gasteiger partial charge in [0.05, 0.1) is 11.1 Å². The minimum atomic E-state index is -0.656. The summed E-state index contributed by atoms with van der Waals surface area (Å²) in [7, 11) is 0. The van der Waals surface area contributed by atoms with Crippen molar-refractivity contribution in [3.05, 3.63) is 82.0 Å². The first-order valence-corrected chi connectivity index (χ1v) is 15.9. The Morgan fingerprint density at radius 3 is 1.23 bits per heavy atom. The van der Waals surface area contributed by atoms with Crippen LogP contribution in [0, 0.1) is 22.7 Å². The number of allylic oxidation sites excluding steroid dienone is 4. The molecule has 2 aromatic rings. The van der Waals surface area contributed by atoms with E-state index in [-0.39, 0.29) is 91.5 Å². The molecule has 252 valence electrons. The molecule has 0 aliphatic heterocycles. The Labute approximate surface area is 292 Å². The van der Waals surface area contributed by atoms with Crippen LogP contribution in [0.3, 0.4) is 0 Å². The van der Waals surface area contributed by atoms with E-state index < -0.39 is 10.8 Å². The number of phenols is 2. The van der Waals surface area contributed by atoms with Gasteiger partial charge < -0.3 is 20.4 Å². The fourth-order valence-electron chi connectivity index (χ4n) is 6.92. The van der Waals surface area contributed by atoms with Gasteiger partial charge in [0.1, 0.15) is 11.5 Å². The van der Waals surface area contributed by atoms with Crippen LogP contribution in [0.5, 0.6) is 11.5 Å². The van der Waals surface area contributed by atoms with E-state index in [4.69, 9.17) is 10.2 Å². The number of rotatable bonds is 0. The normalized spacial score (nSPS) is 25.4. The summed E-state index contributed by atoms with van der Waals surface area (Å²) in [6.45, 7) is 14.6. The van der Waals surface area contributed by atoms with Crippen LogP contribution in [-0.4, -0.2) is 55.8 Å². The van der Waals surface area contributed by atoms with E-state index >= 15 is 0 Å². The molecule has 0 saturated heterocycles. The first-order chi connectivity index (χ1) is 21.4. The fraction of sp³-hybridized carbons (Fsp3) is 0.474. The number of ketones is 4. The van der Waals surface area contributed by atoms with Gasteiger partial charge in [-0.05, 0) is 79.4 Å². The number of carbonyl (C=O) groups is 4. The Morgan fingerprint density at radius 1 is 0.638 bits per heavy atom. The van der Waals surface area contributed by atoms with Gasteiger partial charge >= 0.3 is 0 Å². The first kappa shape index (κ1) is 40.0. The van der Waals surface area contributed by atoms with Crippen LogP contribution in [0.25, 0.3) is 0 Å². The Kier molecular flexibility index (Phi) is 13.5. The summed E-state index contributed by atoms with van der Waals surface area (Å²) in [6.07, 6.45) is 6.14. The largest absolute Gasteiger partial charge is 0.507 e. The number of fused-ring (bicyclic) bond motifs is 4. The zero-order chi connectivity index (χ0) is 34.7. The van der Waals surface area contributed by atoms with Crippen molar-refractivity contribution in [3.63, 3.8) is 0 Å². The quantitative estimate of drug-likeness (QED) is 0.171. The summed E-state index contributed by atoms with van der Waals surface area (Å²) in [5.74, 6) is -1.08. The van der Waals surface area contributed by atoms with Crippen LogP contribution in [0.2, 0.25) is 0 Å². The smallest absolute Gasteiger partial charge is 0.171 e. The number of phenolic OH excluding ortho intramolecular Hbond substituents is 2. The Bertz CT molecular complexity index is 1460. The van der Waals surface area contributed by atoms with Crippen molar-refractivity contribution >= 4 is 23.1 Å². The predicted octanol–water partition coefficient (Wildman–Crippen LogP) is 7.04. The van der Waals surface area contributed by atoms with E-state index in [1.165, 1.54) is 12.1 Å². The van der Waals surface area contributed by atoms with Gasteiger partial charge in [-0.3, -0.25) is 19.2 Å². The summed E-state index contributed by atoms with van der Waals surface area (Å²) in [5.41, 5.74) is 2.17. The van der Waals surface area contributed by atoms with Crippen LogP contribution in [-0.2, 0) is 21.7 Å². The van der Waals surface area contributed by atoms with E-state index in [1.807, 2.05) is 39.8 Å². The Balaban J connectivity index is 0.000000262. The standard InChI is InChI=1S/2C16H16O3.2C3H8O.Ti/c2*1-9-6-7-11-14(18)13-10(4-3-5-12(13)17)15(19)16(11,2)8-9;2*1-3(2)4;/h2*3-6,11,17H,7-8H2,1-2H3;2*3-4H,1-2H3;/t2*11-,16-;;;/m11.../s1. The molecule has 0 aromatic heterocycles. The van der Waals surface area contributed by atoms with Crippen molar-refractivity contribution in [1.82, 2.24) is 0 Å². The van der Waals surface area contributed by atoms with Gasteiger partial charge in [-0.25, -0.2) is 0 Å². The second kappa shape index (κ2) is 15.8. The number of Topliss-reactive ketones (excluding diaryl/α,β-unsaturated/α-hetero) is 4. The molecule has 4 N–H and O–H groups in total. The van der Waals surface area contributed by atoms with E-state index in [2.05, 4.69) is 0 Å². The van der Waals surface area contributed by atoms with Gasteiger partial charge in [-0.2, -0.15) is 0 Å². The second-order valence-electron chi connectivity index (χ2n) is 13.8. The molecule has 47 heavy (non-hydrogen) atoms. The molecule has 0 fully saturated rings. The van der Waals surface area contributed by atoms with E-state index in [9.17, 15) is 29.4 Å². The van der Waals surface area contributed by atoms with E-state index in [0.29, 0.717) is 36.8 Å². The molecule has 0 spiro atoms. The maximum Gasteiger partial charge on any atom is 0.171 e. The molecule has 8 nitrogen and oxygen atoms in total. The number of aromatic hydroxyl groups is 2. The predicted molar refractivity (Wildman–Crippen MR) is 177 cm³/mol. The molecule has 0 bridgehead atoms. The van der Waals surface area contributed by atoms with Crippen LogP contribution >= 0.6 is 0 Å². The maximum atomic E-state index is 12.7. The number of hydrogen-bond donors (Lipinski definition) is 4. The topological polar surface area (TPSA) is 149 Å². The summed E-state index contributed by atoms with van der Waals surface area (Å²) in [6, 6.07) is 9.46. The summed E-state index contributed by atoms with van der Waals surface area (Å²) < 4.78 is 0. The third-order valence-electron chi connectivity index (χ3n) is 8.97. The van der Waals surface area contributed by atoms with Gasteiger partial charge in [0.15, 0.2) is 23.1 Å². The molecule has 0 amide bonds. The van der Waals surface area contributed by atoms with E-state index in [1.54, 1.807) is 52.0 Å². The van der Waals surface area contributed by atoms with Crippen molar-refractivity contribution in [3.8, 4) is 11.5 Å². The molecule has 0 saturated carbocycles. The van der Waals surface area contributed by atoms with Gasteiger partial charge in [-0.15, -0.1) is 0 Å². The molecule has 4 aliphatic carbocycles. The average Bonchev–Trinajstić information content (AvgIpc) is 2.94. The van der Waals surface area contributed by atoms with Crippen molar-refractivity contribution < 1.29 is 61.3 Å². The summed E-state index contributed by atoms with van der Waals surface area (Å²) >= 11 is 0. The minimum Gasteiger partial charge on any atom is -0.507 e. The molecule has 0 heterocycles. The van der Waals surface area contributed by atoms with Crippen molar-refractivity contribution in [1.29, 1.82) is 0 Å². The van der Waals surface area contributed by atoms with Crippen LogP contribution in [0.15, 0.2) is 59.7 Å². The fourth-order valence-corrected chi connectivity index (χ4v) is 6.92. The minimum absolute atomic E-state index is 0.